The van der Waals surface area contributed by atoms with Crippen molar-refractivity contribution in [2.75, 3.05) is 18.5 Å². The third-order valence-electron chi connectivity index (χ3n) is 3.56. The number of carbonyl (C=O) groups excluding carboxylic acids is 1. The molecule has 2 aromatic rings. The highest BCUT2D eigenvalue weighted by Crippen LogP contribution is 2.35. The molecular formula is C15H15ClN2O3S. The van der Waals surface area contributed by atoms with Gasteiger partial charge in [-0.3, -0.25) is 0 Å². The molecule has 1 aromatic carbocycles. The van der Waals surface area contributed by atoms with Crippen LogP contribution < -0.4 is 15.4 Å². The van der Waals surface area contributed by atoms with Crippen molar-refractivity contribution >= 4 is 34.7 Å². The Labute approximate surface area is 136 Å². The fourth-order valence-electron chi connectivity index (χ4n) is 2.44. The Bertz CT molecular complexity index is 676. The molecule has 0 fully saturated rings. The molecule has 0 radical (unpaired) electrons. The average Bonchev–Trinajstić information content (AvgIpc) is 2.92. The maximum atomic E-state index is 12.2. The van der Waals surface area contributed by atoms with Gasteiger partial charge in [0, 0.05) is 22.2 Å². The minimum atomic E-state index is -0.361. The molecule has 0 saturated carbocycles. The highest BCUT2D eigenvalue weighted by atomic mass is 35.5. The average molecular weight is 339 g/mol. The summed E-state index contributed by atoms with van der Waals surface area (Å²) in [6, 6.07) is 6.82. The standard InChI is InChI=1S/C15H15ClN2O3S/c16-11-7-22-8-12(11)17-15(20)18-14-9(5-19)6-21-13-4-2-1-3-10(13)14/h1-4,7-9,14,19H,5-6H2,(H2,17,18,20)/t9-,14-/m1/s1. The van der Waals surface area contributed by atoms with Crippen LogP contribution in [0, 0.1) is 5.92 Å². The first-order valence-corrected chi connectivity index (χ1v) is 8.13. The van der Waals surface area contributed by atoms with Gasteiger partial charge in [0.05, 0.1) is 30.0 Å². The van der Waals surface area contributed by atoms with Gasteiger partial charge in [-0.1, -0.05) is 29.8 Å². The van der Waals surface area contributed by atoms with Crippen molar-refractivity contribution in [1.82, 2.24) is 5.32 Å². The summed E-state index contributed by atoms with van der Waals surface area (Å²) in [4.78, 5) is 12.2. The third-order valence-corrected chi connectivity index (χ3v) is 4.75. The van der Waals surface area contributed by atoms with Crippen LogP contribution in [0.2, 0.25) is 5.02 Å². The number of thiophene rings is 1. The maximum Gasteiger partial charge on any atom is 0.319 e. The number of carbonyl (C=O) groups is 1. The van der Waals surface area contributed by atoms with Crippen LogP contribution in [0.4, 0.5) is 10.5 Å². The van der Waals surface area contributed by atoms with Gasteiger partial charge in [-0.2, -0.15) is 0 Å². The second-order valence-electron chi connectivity index (χ2n) is 5.00. The molecule has 7 heteroatoms. The fourth-order valence-corrected chi connectivity index (χ4v) is 3.40. The minimum absolute atomic E-state index is 0.0709. The molecule has 5 nitrogen and oxygen atoms in total. The highest BCUT2D eigenvalue weighted by Gasteiger charge is 2.31. The molecule has 3 rings (SSSR count). The van der Waals surface area contributed by atoms with Crippen LogP contribution in [0.25, 0.3) is 0 Å². The van der Waals surface area contributed by atoms with Crippen LogP contribution >= 0.6 is 22.9 Å². The summed E-state index contributed by atoms with van der Waals surface area (Å²) in [5.74, 6) is 0.532. The summed E-state index contributed by atoms with van der Waals surface area (Å²) >= 11 is 7.39. The number of hydrogen-bond donors (Lipinski definition) is 3. The quantitative estimate of drug-likeness (QED) is 0.804. The number of para-hydroxylation sites is 1. The molecule has 3 N–H and O–H groups in total. The van der Waals surface area contributed by atoms with E-state index in [1.165, 1.54) is 11.3 Å². The summed E-state index contributed by atoms with van der Waals surface area (Å²) in [5.41, 5.74) is 1.43. The number of amides is 2. The zero-order valence-electron chi connectivity index (χ0n) is 11.6. The lowest BCUT2D eigenvalue weighted by Gasteiger charge is -2.33. The van der Waals surface area contributed by atoms with Crippen molar-refractivity contribution in [3.63, 3.8) is 0 Å². The van der Waals surface area contributed by atoms with Crippen LogP contribution in [-0.2, 0) is 0 Å². The number of aliphatic hydroxyl groups excluding tert-OH is 1. The number of nitrogens with one attached hydrogen (secondary N) is 2. The summed E-state index contributed by atoms with van der Waals surface area (Å²) in [6.07, 6.45) is 0. The molecule has 2 amide bonds. The van der Waals surface area contributed by atoms with E-state index < -0.39 is 0 Å². The molecule has 0 spiro atoms. The van der Waals surface area contributed by atoms with Gasteiger partial charge in [0.2, 0.25) is 0 Å². The number of rotatable bonds is 3. The van der Waals surface area contributed by atoms with E-state index >= 15 is 0 Å². The molecular weight excluding hydrogens is 324 g/mol. The lowest BCUT2D eigenvalue weighted by atomic mass is 9.91. The minimum Gasteiger partial charge on any atom is -0.493 e. The third kappa shape index (κ3) is 3.04. The SMILES string of the molecule is O=C(Nc1cscc1Cl)N[C@H]1c2ccccc2OC[C@H]1CO. The highest BCUT2D eigenvalue weighted by molar-refractivity contribution is 7.09. The Balaban J connectivity index is 1.77. The number of halogens is 1. The predicted octanol–water partition coefficient (Wildman–Crippen LogP) is 3.27. The van der Waals surface area contributed by atoms with Gasteiger partial charge >= 0.3 is 6.03 Å². The topological polar surface area (TPSA) is 70.6 Å². The monoisotopic (exact) mass is 338 g/mol. The van der Waals surface area contributed by atoms with Crippen molar-refractivity contribution in [3.8, 4) is 5.75 Å². The Hall–Kier alpha value is -1.76. The van der Waals surface area contributed by atoms with Gasteiger partial charge in [-0.05, 0) is 6.07 Å². The van der Waals surface area contributed by atoms with Gasteiger partial charge in [0.1, 0.15) is 5.75 Å². The molecule has 0 bridgehead atoms. The number of urea groups is 1. The first kappa shape index (κ1) is 15.1. The molecule has 1 aliphatic heterocycles. The molecule has 2 heterocycles. The van der Waals surface area contributed by atoms with Crippen LogP contribution in [-0.4, -0.2) is 24.4 Å². The van der Waals surface area contributed by atoms with E-state index in [1.54, 1.807) is 10.8 Å². The molecule has 0 saturated heterocycles. The predicted molar refractivity (Wildman–Crippen MR) is 86.7 cm³/mol. The first-order valence-electron chi connectivity index (χ1n) is 6.81. The summed E-state index contributed by atoms with van der Waals surface area (Å²) in [7, 11) is 0. The zero-order chi connectivity index (χ0) is 15.5. The van der Waals surface area contributed by atoms with Crippen molar-refractivity contribution in [2.24, 2.45) is 5.92 Å². The van der Waals surface area contributed by atoms with E-state index in [0.29, 0.717) is 17.3 Å². The summed E-state index contributed by atoms with van der Waals surface area (Å²) in [6.45, 7) is 0.288. The summed E-state index contributed by atoms with van der Waals surface area (Å²) < 4.78 is 5.61. The van der Waals surface area contributed by atoms with Gasteiger partial charge in [0.25, 0.3) is 0 Å². The lowest BCUT2D eigenvalue weighted by molar-refractivity contribution is 0.114. The van der Waals surface area contributed by atoms with Crippen LogP contribution in [0.5, 0.6) is 5.75 Å². The molecule has 0 aliphatic carbocycles. The maximum absolute atomic E-state index is 12.2. The van der Waals surface area contributed by atoms with Crippen LogP contribution in [0.15, 0.2) is 35.0 Å². The van der Waals surface area contributed by atoms with Crippen molar-refractivity contribution < 1.29 is 14.6 Å². The first-order chi connectivity index (χ1) is 10.7. The molecule has 22 heavy (non-hydrogen) atoms. The Kier molecular flexibility index (Phi) is 4.52. The number of hydrogen-bond acceptors (Lipinski definition) is 4. The second-order valence-corrected chi connectivity index (χ2v) is 6.15. The van der Waals surface area contributed by atoms with Gasteiger partial charge in [-0.15, -0.1) is 11.3 Å². The van der Waals surface area contributed by atoms with E-state index in [0.717, 1.165) is 11.3 Å². The zero-order valence-corrected chi connectivity index (χ0v) is 13.2. The van der Waals surface area contributed by atoms with E-state index in [4.69, 9.17) is 16.3 Å². The lowest BCUT2D eigenvalue weighted by Crippen LogP contribution is -2.41. The fraction of sp³-hybridized carbons (Fsp3) is 0.267. The normalized spacial score (nSPS) is 19.9. The second kappa shape index (κ2) is 6.56. The number of anilines is 1. The summed E-state index contributed by atoms with van der Waals surface area (Å²) in [5, 5.41) is 19.2. The largest absolute Gasteiger partial charge is 0.493 e. The van der Waals surface area contributed by atoms with Gasteiger partial charge < -0.3 is 20.5 Å². The number of aliphatic hydroxyl groups is 1. The Morgan fingerprint density at radius 3 is 2.95 bits per heavy atom. The van der Waals surface area contributed by atoms with Crippen molar-refractivity contribution in [3.05, 3.63) is 45.6 Å². The molecule has 1 aliphatic rings. The van der Waals surface area contributed by atoms with E-state index in [2.05, 4.69) is 10.6 Å². The van der Waals surface area contributed by atoms with Gasteiger partial charge in [-0.25, -0.2) is 4.79 Å². The van der Waals surface area contributed by atoms with Crippen molar-refractivity contribution in [2.45, 2.75) is 6.04 Å². The Morgan fingerprint density at radius 2 is 2.23 bits per heavy atom. The van der Waals surface area contributed by atoms with Gasteiger partial charge in [0.15, 0.2) is 0 Å². The van der Waals surface area contributed by atoms with Crippen molar-refractivity contribution in [1.29, 1.82) is 0 Å². The van der Waals surface area contributed by atoms with Crippen LogP contribution in [0.1, 0.15) is 11.6 Å². The number of fused-ring (bicyclic) bond motifs is 1. The smallest absolute Gasteiger partial charge is 0.319 e. The number of benzene rings is 1. The van der Waals surface area contributed by atoms with Crippen LogP contribution in [0.3, 0.4) is 0 Å². The molecule has 2 atom stereocenters. The molecule has 0 unspecified atom stereocenters. The Morgan fingerprint density at radius 1 is 1.41 bits per heavy atom. The van der Waals surface area contributed by atoms with E-state index in [1.807, 2.05) is 24.3 Å². The van der Waals surface area contributed by atoms with E-state index in [9.17, 15) is 9.90 Å². The molecule has 1 aromatic heterocycles. The number of ether oxygens (including phenoxy) is 1. The van der Waals surface area contributed by atoms with E-state index in [-0.39, 0.29) is 24.6 Å². The molecule has 116 valence electrons.